The van der Waals surface area contributed by atoms with Crippen LogP contribution in [0.5, 0.6) is 0 Å². The van der Waals surface area contributed by atoms with Crippen molar-refractivity contribution in [3.05, 3.63) is 16.9 Å². The van der Waals surface area contributed by atoms with Gasteiger partial charge in [0.05, 0.1) is 16.6 Å². The highest BCUT2D eigenvalue weighted by Gasteiger charge is 2.25. The van der Waals surface area contributed by atoms with E-state index in [1.54, 1.807) is 12.4 Å². The zero-order valence-electron chi connectivity index (χ0n) is 9.00. The molecule has 84 valence electrons. The fourth-order valence-corrected chi connectivity index (χ4v) is 1.51. The first kappa shape index (κ1) is 12.4. The van der Waals surface area contributed by atoms with Gasteiger partial charge in [-0.15, -0.1) is 0 Å². The molecule has 5 heteroatoms. The molecular formula is C10H16BrN3O. The number of rotatable bonds is 5. The molecule has 1 rings (SSSR count). The van der Waals surface area contributed by atoms with Crippen molar-refractivity contribution in [2.75, 3.05) is 11.9 Å². The molecule has 2 N–H and O–H groups in total. The van der Waals surface area contributed by atoms with Crippen molar-refractivity contribution in [2.45, 2.75) is 32.2 Å². The molecule has 0 unspecified atom stereocenters. The Morgan fingerprint density at radius 1 is 1.33 bits per heavy atom. The summed E-state index contributed by atoms with van der Waals surface area (Å²) >= 11 is 3.27. The lowest BCUT2D eigenvalue weighted by molar-refractivity contribution is 0.201. The Morgan fingerprint density at radius 3 is 2.27 bits per heavy atom. The number of hydrogen-bond acceptors (Lipinski definition) is 4. The minimum absolute atomic E-state index is 0.0828. The zero-order chi connectivity index (χ0) is 11.3. The van der Waals surface area contributed by atoms with Crippen LogP contribution < -0.4 is 5.32 Å². The van der Waals surface area contributed by atoms with Gasteiger partial charge in [0, 0.05) is 12.4 Å². The van der Waals surface area contributed by atoms with E-state index in [1.165, 1.54) is 0 Å². The van der Waals surface area contributed by atoms with E-state index in [1.807, 2.05) is 13.8 Å². The van der Waals surface area contributed by atoms with Crippen LogP contribution in [0.4, 0.5) is 5.95 Å². The van der Waals surface area contributed by atoms with Crippen LogP contribution in [0.2, 0.25) is 0 Å². The van der Waals surface area contributed by atoms with Crippen molar-refractivity contribution in [2.24, 2.45) is 0 Å². The zero-order valence-corrected chi connectivity index (χ0v) is 10.6. The van der Waals surface area contributed by atoms with Crippen molar-refractivity contribution in [1.29, 1.82) is 0 Å². The van der Waals surface area contributed by atoms with Gasteiger partial charge in [-0.3, -0.25) is 0 Å². The highest BCUT2D eigenvalue weighted by molar-refractivity contribution is 9.10. The van der Waals surface area contributed by atoms with E-state index in [-0.39, 0.29) is 12.1 Å². The standard InChI is InChI=1S/C10H16BrN3O/c1-3-10(4-2,7-15)14-9-12-5-8(11)6-13-9/h5-6,15H,3-4,7H2,1-2H3,(H,12,13,14). The van der Waals surface area contributed by atoms with Gasteiger partial charge < -0.3 is 10.4 Å². The molecule has 0 bridgehead atoms. The van der Waals surface area contributed by atoms with Gasteiger partial charge in [-0.2, -0.15) is 0 Å². The van der Waals surface area contributed by atoms with Crippen molar-refractivity contribution in [1.82, 2.24) is 9.97 Å². The van der Waals surface area contributed by atoms with Gasteiger partial charge in [-0.05, 0) is 28.8 Å². The molecule has 4 nitrogen and oxygen atoms in total. The number of halogens is 1. The van der Waals surface area contributed by atoms with E-state index < -0.39 is 0 Å². The lowest BCUT2D eigenvalue weighted by atomic mass is 9.94. The van der Waals surface area contributed by atoms with Crippen molar-refractivity contribution in [3.8, 4) is 0 Å². The van der Waals surface area contributed by atoms with Crippen LogP contribution in [0, 0.1) is 0 Å². The monoisotopic (exact) mass is 273 g/mol. The topological polar surface area (TPSA) is 58.0 Å². The van der Waals surface area contributed by atoms with Gasteiger partial charge in [0.1, 0.15) is 0 Å². The van der Waals surface area contributed by atoms with Gasteiger partial charge in [0.25, 0.3) is 0 Å². The average molecular weight is 274 g/mol. The summed E-state index contributed by atoms with van der Waals surface area (Å²) in [6, 6.07) is 0. The van der Waals surface area contributed by atoms with Gasteiger partial charge in [-0.1, -0.05) is 13.8 Å². The first-order chi connectivity index (χ1) is 7.15. The highest BCUT2D eigenvalue weighted by atomic mass is 79.9. The fraction of sp³-hybridized carbons (Fsp3) is 0.600. The maximum Gasteiger partial charge on any atom is 0.223 e. The van der Waals surface area contributed by atoms with Crippen LogP contribution in [0.1, 0.15) is 26.7 Å². The van der Waals surface area contributed by atoms with Crippen LogP contribution in [-0.2, 0) is 0 Å². The molecule has 0 fully saturated rings. The molecule has 1 heterocycles. The van der Waals surface area contributed by atoms with Gasteiger partial charge in [-0.25, -0.2) is 9.97 Å². The largest absolute Gasteiger partial charge is 0.394 e. The van der Waals surface area contributed by atoms with Crippen LogP contribution in [0.3, 0.4) is 0 Å². The smallest absolute Gasteiger partial charge is 0.223 e. The molecule has 0 aliphatic heterocycles. The molecule has 0 aliphatic carbocycles. The molecule has 1 aromatic rings. The van der Waals surface area contributed by atoms with Crippen LogP contribution >= 0.6 is 15.9 Å². The molecule has 15 heavy (non-hydrogen) atoms. The molecule has 0 atom stereocenters. The number of nitrogens with one attached hydrogen (secondary N) is 1. The fourth-order valence-electron chi connectivity index (χ4n) is 1.30. The SMILES string of the molecule is CCC(CC)(CO)Nc1ncc(Br)cn1. The van der Waals surface area contributed by atoms with E-state index in [0.29, 0.717) is 5.95 Å². The second kappa shape index (κ2) is 5.42. The minimum atomic E-state index is -0.312. The van der Waals surface area contributed by atoms with Gasteiger partial charge in [0.2, 0.25) is 5.95 Å². The van der Waals surface area contributed by atoms with Crippen LogP contribution in [-0.4, -0.2) is 27.2 Å². The molecule has 1 aromatic heterocycles. The Kier molecular flexibility index (Phi) is 4.47. The van der Waals surface area contributed by atoms with E-state index in [0.717, 1.165) is 17.3 Å². The summed E-state index contributed by atoms with van der Waals surface area (Å²) in [5.74, 6) is 0.552. The maximum atomic E-state index is 9.37. The molecule has 0 radical (unpaired) electrons. The third kappa shape index (κ3) is 3.14. The summed E-state index contributed by atoms with van der Waals surface area (Å²) in [5, 5.41) is 12.5. The molecular weight excluding hydrogens is 258 g/mol. The van der Waals surface area contributed by atoms with Crippen LogP contribution in [0.25, 0.3) is 0 Å². The van der Waals surface area contributed by atoms with Crippen molar-refractivity contribution < 1.29 is 5.11 Å². The first-order valence-corrected chi connectivity index (χ1v) is 5.81. The second-order valence-corrected chi connectivity index (χ2v) is 4.41. The number of aliphatic hydroxyl groups is 1. The van der Waals surface area contributed by atoms with Crippen molar-refractivity contribution in [3.63, 3.8) is 0 Å². The Labute approximate surface area is 98.3 Å². The predicted octanol–water partition coefficient (Wildman–Crippen LogP) is 2.20. The van der Waals surface area contributed by atoms with E-state index in [4.69, 9.17) is 0 Å². The van der Waals surface area contributed by atoms with Gasteiger partial charge >= 0.3 is 0 Å². The maximum absolute atomic E-state index is 9.37. The number of anilines is 1. The van der Waals surface area contributed by atoms with E-state index in [2.05, 4.69) is 31.2 Å². The average Bonchev–Trinajstić information content (AvgIpc) is 2.29. The third-order valence-corrected chi connectivity index (χ3v) is 3.06. The molecule has 0 aliphatic rings. The summed E-state index contributed by atoms with van der Waals surface area (Å²) in [6.45, 7) is 4.15. The first-order valence-electron chi connectivity index (χ1n) is 5.02. The van der Waals surface area contributed by atoms with Crippen molar-refractivity contribution >= 4 is 21.9 Å². The Bertz CT molecular complexity index is 290. The molecule has 0 aromatic carbocycles. The number of nitrogens with zero attached hydrogens (tertiary/aromatic N) is 2. The normalized spacial score (nSPS) is 11.5. The van der Waals surface area contributed by atoms with E-state index >= 15 is 0 Å². The van der Waals surface area contributed by atoms with Gasteiger partial charge in [0.15, 0.2) is 0 Å². The Balaban J connectivity index is 2.78. The Morgan fingerprint density at radius 2 is 1.87 bits per heavy atom. The molecule has 0 saturated carbocycles. The summed E-state index contributed by atoms with van der Waals surface area (Å²) in [4.78, 5) is 8.25. The summed E-state index contributed by atoms with van der Waals surface area (Å²) in [7, 11) is 0. The number of hydrogen-bond donors (Lipinski definition) is 2. The molecule has 0 amide bonds. The van der Waals surface area contributed by atoms with E-state index in [9.17, 15) is 5.11 Å². The third-order valence-electron chi connectivity index (χ3n) is 2.65. The van der Waals surface area contributed by atoms with Crippen LogP contribution in [0.15, 0.2) is 16.9 Å². The highest BCUT2D eigenvalue weighted by Crippen LogP contribution is 2.19. The summed E-state index contributed by atoms with van der Waals surface area (Å²) in [5.41, 5.74) is -0.312. The molecule has 0 saturated heterocycles. The summed E-state index contributed by atoms with van der Waals surface area (Å²) < 4.78 is 0.843. The molecule has 0 spiro atoms. The quantitative estimate of drug-likeness (QED) is 0.864. The Hall–Kier alpha value is -0.680. The number of aliphatic hydroxyl groups excluding tert-OH is 1. The predicted molar refractivity (Wildman–Crippen MR) is 63.8 cm³/mol. The minimum Gasteiger partial charge on any atom is -0.394 e. The lowest BCUT2D eigenvalue weighted by Crippen LogP contribution is -2.41. The summed E-state index contributed by atoms with van der Waals surface area (Å²) in [6.07, 6.45) is 5.03. The second-order valence-electron chi connectivity index (χ2n) is 3.50. The lowest BCUT2D eigenvalue weighted by Gasteiger charge is -2.30. The number of aromatic nitrogens is 2.